The monoisotopic (exact) mass is 377 g/mol. The highest BCUT2D eigenvalue weighted by molar-refractivity contribution is 6.03. The molecule has 142 valence electrons. The summed E-state index contributed by atoms with van der Waals surface area (Å²) in [5, 5.41) is 9.25. The van der Waals surface area contributed by atoms with E-state index < -0.39 is 5.97 Å². The van der Waals surface area contributed by atoms with Gasteiger partial charge in [0.2, 0.25) is 0 Å². The van der Waals surface area contributed by atoms with E-state index >= 15 is 0 Å². The number of hydrogen-bond donors (Lipinski definition) is 0. The molecule has 2 aromatic carbocycles. The smallest absolute Gasteiger partial charge is 0.356 e. The van der Waals surface area contributed by atoms with Crippen molar-refractivity contribution in [2.75, 3.05) is 7.11 Å². The van der Waals surface area contributed by atoms with Gasteiger partial charge in [-0.3, -0.25) is 4.68 Å². The predicted molar refractivity (Wildman–Crippen MR) is 105 cm³/mol. The van der Waals surface area contributed by atoms with Gasteiger partial charge in [-0.25, -0.2) is 18.8 Å². The molecule has 0 aliphatic rings. The van der Waals surface area contributed by atoms with Crippen LogP contribution in [0.15, 0.2) is 47.3 Å². The molecule has 8 heteroatoms. The van der Waals surface area contributed by atoms with E-state index in [1.165, 1.54) is 16.5 Å². The minimum absolute atomic E-state index is 0.190. The third-order valence-electron chi connectivity index (χ3n) is 4.76. The van der Waals surface area contributed by atoms with Gasteiger partial charge < -0.3 is 4.74 Å². The quantitative estimate of drug-likeness (QED) is 0.511. The molecule has 0 radical (unpaired) electrons. The molecule has 0 saturated heterocycles. The van der Waals surface area contributed by atoms with Crippen LogP contribution in [-0.2, 0) is 18.8 Å². The third kappa shape index (κ3) is 2.70. The van der Waals surface area contributed by atoms with E-state index in [0.717, 1.165) is 27.7 Å². The van der Waals surface area contributed by atoms with Crippen molar-refractivity contribution in [3.05, 3.63) is 64.5 Å². The van der Waals surface area contributed by atoms with E-state index in [4.69, 9.17) is 4.74 Å². The first-order chi connectivity index (χ1) is 13.4. The van der Waals surface area contributed by atoms with Crippen LogP contribution in [-0.4, -0.2) is 37.2 Å². The van der Waals surface area contributed by atoms with Crippen LogP contribution in [0.4, 0.5) is 0 Å². The Hall–Kier alpha value is -3.68. The van der Waals surface area contributed by atoms with Gasteiger partial charge >= 0.3 is 11.7 Å². The number of nitrogens with zero attached hydrogens (tertiary/aromatic N) is 5. The minimum atomic E-state index is -0.427. The lowest BCUT2D eigenvalue weighted by Gasteiger charge is -2.06. The van der Waals surface area contributed by atoms with E-state index in [2.05, 4.69) is 10.2 Å². The molecule has 0 atom stereocenters. The van der Waals surface area contributed by atoms with Crippen LogP contribution in [0.25, 0.3) is 27.7 Å². The number of aromatic nitrogens is 5. The average Bonchev–Trinajstić information content (AvgIpc) is 3.15. The van der Waals surface area contributed by atoms with E-state index in [0.29, 0.717) is 11.5 Å². The topological polar surface area (TPSA) is 83.9 Å². The number of ether oxygens (including phenoxy) is 1. The highest BCUT2D eigenvalue weighted by atomic mass is 16.5. The third-order valence-corrected chi connectivity index (χ3v) is 4.76. The van der Waals surface area contributed by atoms with Crippen molar-refractivity contribution in [1.82, 2.24) is 24.1 Å². The van der Waals surface area contributed by atoms with Crippen molar-refractivity contribution in [3.8, 4) is 16.8 Å². The van der Waals surface area contributed by atoms with Crippen LogP contribution in [0, 0.1) is 6.92 Å². The lowest BCUT2D eigenvalue weighted by atomic mass is 10.0. The number of aryl methyl sites for hydroxylation is 3. The van der Waals surface area contributed by atoms with Crippen molar-refractivity contribution in [3.63, 3.8) is 0 Å². The van der Waals surface area contributed by atoms with Crippen LogP contribution in [0.5, 0.6) is 0 Å². The van der Waals surface area contributed by atoms with Crippen molar-refractivity contribution in [1.29, 1.82) is 0 Å². The molecule has 4 aromatic rings. The molecule has 0 aliphatic carbocycles. The van der Waals surface area contributed by atoms with Crippen LogP contribution in [0.2, 0.25) is 0 Å². The molecule has 4 rings (SSSR count). The minimum Gasteiger partial charge on any atom is -0.464 e. The summed E-state index contributed by atoms with van der Waals surface area (Å²) in [6.07, 6.45) is 0. The molecule has 0 aliphatic heterocycles. The molecule has 2 heterocycles. The molecule has 0 fully saturated rings. The van der Waals surface area contributed by atoms with Gasteiger partial charge in [0.1, 0.15) is 5.82 Å². The zero-order chi connectivity index (χ0) is 20.0. The summed E-state index contributed by atoms with van der Waals surface area (Å²) in [6.45, 7) is 1.79. The van der Waals surface area contributed by atoms with Gasteiger partial charge in [-0.1, -0.05) is 18.2 Å². The maximum absolute atomic E-state index is 12.2. The van der Waals surface area contributed by atoms with E-state index in [-0.39, 0.29) is 5.69 Å². The van der Waals surface area contributed by atoms with Crippen molar-refractivity contribution < 1.29 is 9.53 Å². The SMILES string of the molecule is COC(=O)c1c2cc(-c3ccc(-n4c(C)nn(C)c4=O)cc3)ccc2nn1C. The lowest BCUT2D eigenvalue weighted by molar-refractivity contribution is 0.0590. The van der Waals surface area contributed by atoms with E-state index in [9.17, 15) is 9.59 Å². The Morgan fingerprint density at radius 1 is 0.964 bits per heavy atom. The first kappa shape index (κ1) is 17.7. The molecule has 0 spiro atoms. The van der Waals surface area contributed by atoms with Crippen molar-refractivity contribution in [2.24, 2.45) is 14.1 Å². The number of methoxy groups -OCH3 is 1. The van der Waals surface area contributed by atoms with Gasteiger partial charge in [-0.05, 0) is 42.3 Å². The maximum Gasteiger partial charge on any atom is 0.356 e. The fourth-order valence-corrected chi connectivity index (χ4v) is 3.41. The molecule has 8 nitrogen and oxygen atoms in total. The Bertz CT molecular complexity index is 1260. The molecule has 0 saturated carbocycles. The number of carbonyl (C=O) groups is 1. The molecule has 0 unspecified atom stereocenters. The van der Waals surface area contributed by atoms with Crippen LogP contribution in [0.1, 0.15) is 16.3 Å². The molecule has 0 N–H and O–H groups in total. The Kier molecular flexibility index (Phi) is 4.11. The fourth-order valence-electron chi connectivity index (χ4n) is 3.41. The van der Waals surface area contributed by atoms with Gasteiger partial charge in [0.05, 0.1) is 18.3 Å². The van der Waals surface area contributed by atoms with Crippen molar-refractivity contribution in [2.45, 2.75) is 6.92 Å². The summed E-state index contributed by atoms with van der Waals surface area (Å²) in [7, 11) is 4.70. The standard InChI is InChI=1S/C20H19N5O3/c1-12-21-24(3)20(27)25(12)15-8-5-13(6-9-15)14-7-10-17-16(11-14)18(19(26)28-4)23(2)22-17/h5-11H,1-4H3. The number of hydrogen-bond acceptors (Lipinski definition) is 5. The first-order valence-electron chi connectivity index (χ1n) is 8.69. The first-order valence-corrected chi connectivity index (χ1v) is 8.69. The van der Waals surface area contributed by atoms with Crippen LogP contribution < -0.4 is 5.69 Å². The van der Waals surface area contributed by atoms with Crippen LogP contribution >= 0.6 is 0 Å². The number of carbonyl (C=O) groups excluding carboxylic acids is 1. The van der Waals surface area contributed by atoms with Gasteiger partial charge in [0, 0.05) is 19.5 Å². The summed E-state index contributed by atoms with van der Waals surface area (Å²) in [5.74, 6) is 0.198. The average molecular weight is 377 g/mol. The van der Waals surface area contributed by atoms with E-state index in [1.54, 1.807) is 25.6 Å². The number of rotatable bonds is 3. The van der Waals surface area contributed by atoms with Crippen LogP contribution in [0.3, 0.4) is 0 Å². The van der Waals surface area contributed by atoms with Gasteiger partial charge in [0.25, 0.3) is 0 Å². The predicted octanol–water partition coefficient (Wildman–Crippen LogP) is 2.22. The summed E-state index contributed by atoms with van der Waals surface area (Å²) >= 11 is 0. The molecule has 0 amide bonds. The van der Waals surface area contributed by atoms with Gasteiger partial charge in [-0.15, -0.1) is 0 Å². The zero-order valence-electron chi connectivity index (χ0n) is 16.0. The van der Waals surface area contributed by atoms with Gasteiger partial charge in [-0.2, -0.15) is 10.2 Å². The second-order valence-corrected chi connectivity index (χ2v) is 6.53. The van der Waals surface area contributed by atoms with E-state index in [1.807, 2.05) is 42.5 Å². The molecule has 2 aromatic heterocycles. The summed E-state index contributed by atoms with van der Waals surface area (Å²) < 4.78 is 9.28. The van der Waals surface area contributed by atoms with Crippen molar-refractivity contribution >= 4 is 16.9 Å². The molecule has 28 heavy (non-hydrogen) atoms. The molecular formula is C20H19N5O3. The van der Waals surface area contributed by atoms with Gasteiger partial charge in [0.15, 0.2) is 5.69 Å². The number of fused-ring (bicyclic) bond motifs is 1. The second-order valence-electron chi connectivity index (χ2n) is 6.53. The summed E-state index contributed by atoms with van der Waals surface area (Å²) in [6, 6.07) is 13.4. The molecule has 0 bridgehead atoms. The number of esters is 1. The Labute approximate surface area is 160 Å². The Balaban J connectivity index is 1.78. The molecular weight excluding hydrogens is 358 g/mol. The zero-order valence-corrected chi connectivity index (χ0v) is 16.0. The second kappa shape index (κ2) is 6.49. The summed E-state index contributed by atoms with van der Waals surface area (Å²) in [5.41, 5.74) is 3.59. The fraction of sp³-hybridized carbons (Fsp3) is 0.200. The Morgan fingerprint density at radius 3 is 2.25 bits per heavy atom. The highest BCUT2D eigenvalue weighted by Gasteiger charge is 2.18. The largest absolute Gasteiger partial charge is 0.464 e. The Morgan fingerprint density at radius 2 is 1.64 bits per heavy atom. The normalized spacial score (nSPS) is 11.1. The summed E-state index contributed by atoms with van der Waals surface area (Å²) in [4.78, 5) is 24.3. The lowest BCUT2D eigenvalue weighted by Crippen LogP contribution is -2.21. The number of benzene rings is 2. The maximum atomic E-state index is 12.2. The highest BCUT2D eigenvalue weighted by Crippen LogP contribution is 2.27.